The van der Waals surface area contributed by atoms with Crippen LogP contribution in [0.5, 0.6) is 5.75 Å². The van der Waals surface area contributed by atoms with Crippen molar-refractivity contribution >= 4 is 22.7 Å². The molecule has 0 bridgehead atoms. The fraction of sp³-hybridized carbons (Fsp3) is 0.176. The van der Waals surface area contributed by atoms with Crippen LogP contribution in [0.1, 0.15) is 16.2 Å². The summed E-state index contributed by atoms with van der Waals surface area (Å²) in [5, 5.41) is 10.9. The zero-order valence-corrected chi connectivity index (χ0v) is 13.6. The first-order valence-corrected chi connectivity index (χ1v) is 7.40. The number of non-ortho nitro benzene ring substituents is 1. The molecular formula is C17H15N3O5. The average molecular weight is 341 g/mol. The molecule has 0 spiro atoms. The molecule has 1 aromatic heterocycles. The van der Waals surface area contributed by atoms with E-state index in [4.69, 9.17) is 4.74 Å². The van der Waals surface area contributed by atoms with Gasteiger partial charge in [-0.25, -0.2) is 9.78 Å². The van der Waals surface area contributed by atoms with Crippen LogP contribution >= 0.6 is 0 Å². The lowest BCUT2D eigenvalue weighted by Crippen LogP contribution is -2.04. The van der Waals surface area contributed by atoms with Gasteiger partial charge in [-0.1, -0.05) is 0 Å². The molecule has 1 heterocycles. The van der Waals surface area contributed by atoms with Gasteiger partial charge in [-0.2, -0.15) is 0 Å². The van der Waals surface area contributed by atoms with E-state index in [-0.39, 0.29) is 12.3 Å². The molecule has 0 aliphatic carbocycles. The van der Waals surface area contributed by atoms with Crippen molar-refractivity contribution in [2.75, 3.05) is 7.11 Å². The molecule has 0 saturated carbocycles. The van der Waals surface area contributed by atoms with E-state index in [9.17, 15) is 14.9 Å². The Morgan fingerprint density at radius 1 is 1.24 bits per heavy atom. The zero-order chi connectivity index (χ0) is 18.0. The number of hydrogen-bond donors (Lipinski definition) is 0. The van der Waals surface area contributed by atoms with E-state index in [0.29, 0.717) is 22.7 Å². The molecule has 0 aliphatic rings. The number of aryl methyl sites for hydroxylation is 1. The topological polar surface area (TPSA) is 96.5 Å². The number of aromatic nitrogens is 2. The van der Waals surface area contributed by atoms with Gasteiger partial charge < -0.3 is 14.0 Å². The Labute approximate surface area is 142 Å². The molecule has 3 aromatic rings. The van der Waals surface area contributed by atoms with E-state index in [1.807, 2.05) is 11.6 Å². The lowest BCUT2D eigenvalue weighted by atomic mass is 10.2. The maximum atomic E-state index is 11.4. The van der Waals surface area contributed by atoms with Crippen LogP contribution in [0.15, 0.2) is 42.5 Å². The normalized spacial score (nSPS) is 10.6. The van der Waals surface area contributed by atoms with Crippen molar-refractivity contribution in [3.05, 3.63) is 64.0 Å². The molecule has 0 N–H and O–H groups in total. The van der Waals surface area contributed by atoms with Crippen LogP contribution in [0.25, 0.3) is 11.0 Å². The van der Waals surface area contributed by atoms with Crippen LogP contribution in [-0.2, 0) is 18.4 Å². The molecule has 3 rings (SSSR count). The van der Waals surface area contributed by atoms with Gasteiger partial charge in [0, 0.05) is 19.2 Å². The number of benzene rings is 2. The number of nitrogens with zero attached hydrogens (tertiary/aromatic N) is 3. The maximum Gasteiger partial charge on any atom is 0.337 e. The van der Waals surface area contributed by atoms with Crippen molar-refractivity contribution in [1.82, 2.24) is 9.55 Å². The van der Waals surface area contributed by atoms with Gasteiger partial charge in [-0.15, -0.1) is 0 Å². The molecule has 0 fully saturated rings. The van der Waals surface area contributed by atoms with Crippen molar-refractivity contribution in [1.29, 1.82) is 0 Å². The van der Waals surface area contributed by atoms with Crippen LogP contribution in [0.2, 0.25) is 0 Å². The minimum atomic E-state index is -0.451. The molecule has 0 radical (unpaired) electrons. The Morgan fingerprint density at radius 2 is 1.96 bits per heavy atom. The quantitative estimate of drug-likeness (QED) is 0.402. The molecule has 8 nitrogen and oxygen atoms in total. The van der Waals surface area contributed by atoms with Gasteiger partial charge in [0.1, 0.15) is 18.2 Å². The van der Waals surface area contributed by atoms with Crippen molar-refractivity contribution in [3.63, 3.8) is 0 Å². The molecule has 0 saturated heterocycles. The van der Waals surface area contributed by atoms with Gasteiger partial charge in [0.2, 0.25) is 0 Å². The Bertz CT molecular complexity index is 947. The molecule has 0 aliphatic heterocycles. The number of carbonyl (C=O) groups is 1. The summed E-state index contributed by atoms with van der Waals surface area (Å²) in [6.45, 7) is 0.191. The number of methoxy groups -OCH3 is 1. The van der Waals surface area contributed by atoms with Gasteiger partial charge >= 0.3 is 5.97 Å². The fourth-order valence-electron chi connectivity index (χ4n) is 2.43. The van der Waals surface area contributed by atoms with E-state index >= 15 is 0 Å². The van der Waals surface area contributed by atoms with E-state index in [1.165, 1.54) is 19.2 Å². The minimum Gasteiger partial charge on any atom is -0.486 e. The number of esters is 1. The van der Waals surface area contributed by atoms with Crippen molar-refractivity contribution < 1.29 is 19.2 Å². The Balaban J connectivity index is 1.77. The van der Waals surface area contributed by atoms with Crippen molar-refractivity contribution in [2.24, 2.45) is 7.05 Å². The van der Waals surface area contributed by atoms with E-state index < -0.39 is 10.9 Å². The highest BCUT2D eigenvalue weighted by Gasteiger charge is 2.13. The second-order valence-corrected chi connectivity index (χ2v) is 5.32. The lowest BCUT2D eigenvalue weighted by Gasteiger charge is -2.07. The standard InChI is InChI=1S/C17H15N3O5/c1-19-15-8-5-12(20(22)23)9-14(15)18-16(19)10-25-13-6-3-11(4-7-13)17(21)24-2/h3-9H,10H2,1-2H3. The Hall–Kier alpha value is -3.42. The van der Waals surface area contributed by atoms with E-state index in [2.05, 4.69) is 9.72 Å². The first-order valence-electron chi connectivity index (χ1n) is 7.40. The zero-order valence-electron chi connectivity index (χ0n) is 13.6. The predicted octanol–water partition coefficient (Wildman–Crippen LogP) is 2.85. The van der Waals surface area contributed by atoms with Crippen LogP contribution in [0, 0.1) is 10.1 Å². The van der Waals surface area contributed by atoms with Gasteiger partial charge in [0.25, 0.3) is 5.69 Å². The molecule has 128 valence electrons. The fourth-order valence-corrected chi connectivity index (χ4v) is 2.43. The van der Waals surface area contributed by atoms with Gasteiger partial charge in [-0.05, 0) is 30.3 Å². The molecule has 0 atom stereocenters. The smallest absolute Gasteiger partial charge is 0.337 e. The van der Waals surface area contributed by atoms with Crippen LogP contribution in [0.3, 0.4) is 0 Å². The maximum absolute atomic E-state index is 11.4. The average Bonchev–Trinajstić information content (AvgIpc) is 2.95. The highest BCUT2D eigenvalue weighted by atomic mass is 16.6. The van der Waals surface area contributed by atoms with Gasteiger partial charge in [-0.3, -0.25) is 10.1 Å². The third-order valence-corrected chi connectivity index (χ3v) is 3.81. The van der Waals surface area contributed by atoms with Crippen LogP contribution < -0.4 is 4.74 Å². The van der Waals surface area contributed by atoms with E-state index in [0.717, 1.165) is 5.52 Å². The Morgan fingerprint density at radius 3 is 2.60 bits per heavy atom. The second kappa shape index (κ2) is 6.60. The van der Waals surface area contributed by atoms with Gasteiger partial charge in [0.15, 0.2) is 0 Å². The summed E-state index contributed by atoms with van der Waals surface area (Å²) in [6.07, 6.45) is 0. The molecule has 2 aromatic carbocycles. The predicted molar refractivity (Wildman–Crippen MR) is 89.5 cm³/mol. The summed E-state index contributed by atoms with van der Waals surface area (Å²) in [5.41, 5.74) is 1.75. The summed E-state index contributed by atoms with van der Waals surface area (Å²) in [7, 11) is 3.14. The van der Waals surface area contributed by atoms with Gasteiger partial charge in [0.05, 0.1) is 28.6 Å². The molecule has 0 amide bonds. The molecule has 8 heteroatoms. The monoisotopic (exact) mass is 341 g/mol. The molecule has 0 unspecified atom stereocenters. The number of ether oxygens (including phenoxy) is 2. The highest BCUT2D eigenvalue weighted by Crippen LogP contribution is 2.22. The largest absolute Gasteiger partial charge is 0.486 e. The molecule has 25 heavy (non-hydrogen) atoms. The summed E-state index contributed by atoms with van der Waals surface area (Å²) in [4.78, 5) is 26.2. The number of fused-ring (bicyclic) bond motifs is 1. The number of carbonyl (C=O) groups excluding carboxylic acids is 1. The molecular weight excluding hydrogens is 326 g/mol. The summed E-state index contributed by atoms with van der Waals surface area (Å²) >= 11 is 0. The Kier molecular flexibility index (Phi) is 4.34. The summed E-state index contributed by atoms with van der Waals surface area (Å²) in [5.74, 6) is 0.793. The van der Waals surface area contributed by atoms with Crippen molar-refractivity contribution in [3.8, 4) is 5.75 Å². The van der Waals surface area contributed by atoms with E-state index in [1.54, 1.807) is 30.3 Å². The first kappa shape index (κ1) is 16.4. The minimum absolute atomic E-state index is 0.00327. The van der Waals surface area contributed by atoms with Crippen LogP contribution in [0.4, 0.5) is 5.69 Å². The van der Waals surface area contributed by atoms with Crippen LogP contribution in [-0.4, -0.2) is 27.6 Å². The second-order valence-electron chi connectivity index (χ2n) is 5.32. The number of hydrogen-bond acceptors (Lipinski definition) is 6. The van der Waals surface area contributed by atoms with Crippen molar-refractivity contribution in [2.45, 2.75) is 6.61 Å². The SMILES string of the molecule is COC(=O)c1ccc(OCc2nc3cc([N+](=O)[O-])ccc3n2C)cc1. The number of nitro benzene ring substituents is 1. The highest BCUT2D eigenvalue weighted by molar-refractivity contribution is 5.89. The summed E-state index contributed by atoms with van der Waals surface area (Å²) < 4.78 is 12.1. The number of imidazole rings is 1. The third-order valence-electron chi connectivity index (χ3n) is 3.81. The number of nitro groups is 1. The lowest BCUT2D eigenvalue weighted by molar-refractivity contribution is -0.384. The first-order chi connectivity index (χ1) is 12.0. The third kappa shape index (κ3) is 3.27. The number of rotatable bonds is 5. The summed E-state index contributed by atoms with van der Waals surface area (Å²) in [6, 6.07) is 11.1.